The number of nitrogens with one attached hydrogen (secondary N) is 1. The van der Waals surface area contributed by atoms with E-state index >= 15 is 0 Å². The van der Waals surface area contributed by atoms with Crippen molar-refractivity contribution in [2.75, 3.05) is 31.7 Å². The molecule has 6 heteroatoms. The summed E-state index contributed by atoms with van der Waals surface area (Å²) in [5.74, 6) is 0.296. The van der Waals surface area contributed by atoms with Gasteiger partial charge in [0.05, 0.1) is 5.56 Å². The van der Waals surface area contributed by atoms with Gasteiger partial charge >= 0.3 is 6.18 Å². The molecule has 3 nitrogen and oxygen atoms in total. The number of halogens is 3. The molecular weight excluding hydrogens is 267 g/mol. The average Bonchev–Trinajstić information content (AvgIpc) is 2.28. The Morgan fingerprint density at radius 2 is 1.85 bits per heavy atom. The number of benzene rings is 1. The highest BCUT2D eigenvalue weighted by Crippen LogP contribution is 2.35. The molecule has 0 aliphatic rings. The molecule has 0 heterocycles. The minimum atomic E-state index is -4.43. The Kier molecular flexibility index (Phi) is 5.28. The Bertz CT molecular complexity index is 442. The van der Waals surface area contributed by atoms with Crippen molar-refractivity contribution in [2.45, 2.75) is 26.1 Å². The molecule has 0 saturated heterocycles. The maximum atomic E-state index is 12.8. The second-order valence-electron chi connectivity index (χ2n) is 5.56. The monoisotopic (exact) mass is 289 g/mol. The number of hydrogen-bond acceptors (Lipinski definition) is 3. The lowest BCUT2D eigenvalue weighted by Gasteiger charge is -2.27. The third-order valence-corrected chi connectivity index (χ3v) is 3.08. The zero-order valence-electron chi connectivity index (χ0n) is 12.3. The summed E-state index contributed by atoms with van der Waals surface area (Å²) in [6.45, 7) is 4.80. The maximum absolute atomic E-state index is 12.8. The smallest absolute Gasteiger partial charge is 0.398 e. The highest BCUT2D eigenvalue weighted by atomic mass is 19.4. The topological polar surface area (TPSA) is 41.3 Å². The summed E-state index contributed by atoms with van der Waals surface area (Å²) < 4.78 is 38.5. The minimum Gasteiger partial charge on any atom is -0.398 e. The second kappa shape index (κ2) is 6.35. The predicted molar refractivity (Wildman–Crippen MR) is 76.7 cm³/mol. The molecule has 20 heavy (non-hydrogen) atoms. The molecule has 1 atom stereocenters. The number of likely N-dealkylation sites (N-methyl/N-ethyl adjacent to an activating group) is 1. The first-order valence-corrected chi connectivity index (χ1v) is 6.49. The quantitative estimate of drug-likeness (QED) is 0.817. The lowest BCUT2D eigenvalue weighted by atomic mass is 10.0. The van der Waals surface area contributed by atoms with Crippen molar-refractivity contribution >= 4 is 11.4 Å². The van der Waals surface area contributed by atoms with Crippen molar-refractivity contribution in [2.24, 2.45) is 5.92 Å². The molecule has 0 amide bonds. The molecule has 3 N–H and O–H groups in total. The van der Waals surface area contributed by atoms with Crippen LogP contribution in [-0.2, 0) is 6.18 Å². The number of nitrogens with two attached hydrogens (primary N) is 1. The molecule has 0 aliphatic heterocycles. The van der Waals surface area contributed by atoms with Gasteiger partial charge in [0, 0.05) is 24.0 Å². The molecular formula is C14H22F3N3. The van der Waals surface area contributed by atoms with E-state index in [1.165, 1.54) is 6.07 Å². The van der Waals surface area contributed by atoms with Crippen LogP contribution < -0.4 is 11.1 Å². The Balaban J connectivity index is 2.97. The molecule has 0 fully saturated rings. The van der Waals surface area contributed by atoms with E-state index in [0.717, 1.165) is 12.6 Å². The molecule has 0 spiro atoms. The van der Waals surface area contributed by atoms with Crippen LogP contribution in [0.15, 0.2) is 18.2 Å². The Hall–Kier alpha value is -1.43. The van der Waals surface area contributed by atoms with Crippen molar-refractivity contribution < 1.29 is 13.2 Å². The molecule has 0 aliphatic carbocycles. The molecule has 0 aromatic heterocycles. The maximum Gasteiger partial charge on any atom is 0.418 e. The van der Waals surface area contributed by atoms with Gasteiger partial charge in [0.1, 0.15) is 0 Å². The van der Waals surface area contributed by atoms with Gasteiger partial charge in [0.25, 0.3) is 0 Å². The van der Waals surface area contributed by atoms with Crippen molar-refractivity contribution in [3.05, 3.63) is 23.8 Å². The fourth-order valence-corrected chi connectivity index (χ4v) is 1.92. The lowest BCUT2D eigenvalue weighted by molar-refractivity contribution is -0.136. The van der Waals surface area contributed by atoms with Crippen LogP contribution in [0.3, 0.4) is 0 Å². The number of hydrogen-bond donors (Lipinski definition) is 2. The van der Waals surface area contributed by atoms with Crippen LogP contribution in [0.5, 0.6) is 0 Å². The Morgan fingerprint density at radius 1 is 1.25 bits per heavy atom. The van der Waals surface area contributed by atoms with Crippen LogP contribution in [0.2, 0.25) is 0 Å². The molecule has 0 bridgehead atoms. The normalized spacial score (nSPS) is 13.8. The largest absolute Gasteiger partial charge is 0.418 e. The van der Waals surface area contributed by atoms with Gasteiger partial charge in [-0.1, -0.05) is 13.8 Å². The first-order valence-electron chi connectivity index (χ1n) is 6.49. The molecule has 1 aromatic carbocycles. The van der Waals surface area contributed by atoms with E-state index < -0.39 is 11.7 Å². The molecule has 0 radical (unpaired) electrons. The third kappa shape index (κ3) is 4.59. The number of alkyl halides is 3. The van der Waals surface area contributed by atoms with Crippen LogP contribution in [0.1, 0.15) is 19.4 Å². The van der Waals surface area contributed by atoms with Gasteiger partial charge in [-0.15, -0.1) is 0 Å². The Morgan fingerprint density at radius 3 is 2.30 bits per heavy atom. The van der Waals surface area contributed by atoms with E-state index in [-0.39, 0.29) is 11.7 Å². The second-order valence-corrected chi connectivity index (χ2v) is 5.56. The zero-order valence-corrected chi connectivity index (χ0v) is 12.3. The highest BCUT2D eigenvalue weighted by Gasteiger charge is 2.33. The van der Waals surface area contributed by atoms with E-state index in [1.807, 2.05) is 32.8 Å². The van der Waals surface area contributed by atoms with E-state index in [0.29, 0.717) is 11.6 Å². The van der Waals surface area contributed by atoms with Crippen LogP contribution >= 0.6 is 0 Å². The summed E-state index contributed by atoms with van der Waals surface area (Å²) in [6.07, 6.45) is -4.43. The van der Waals surface area contributed by atoms with Gasteiger partial charge in [-0.25, -0.2) is 0 Å². The lowest BCUT2D eigenvalue weighted by Crippen LogP contribution is -2.36. The van der Waals surface area contributed by atoms with Crippen molar-refractivity contribution in [3.63, 3.8) is 0 Å². The SMILES string of the molecule is CC(C)C(CN(C)C)Nc1ccc(N)c(C(F)(F)F)c1. The van der Waals surface area contributed by atoms with Crippen molar-refractivity contribution in [1.82, 2.24) is 4.90 Å². The average molecular weight is 289 g/mol. The first-order chi connectivity index (χ1) is 9.11. The highest BCUT2D eigenvalue weighted by molar-refractivity contribution is 5.58. The number of anilines is 2. The van der Waals surface area contributed by atoms with E-state index in [1.54, 1.807) is 6.07 Å². The van der Waals surface area contributed by atoms with Crippen LogP contribution in [0.25, 0.3) is 0 Å². The summed E-state index contributed by atoms with van der Waals surface area (Å²) in [5, 5.41) is 3.15. The predicted octanol–water partition coefficient (Wildman–Crippen LogP) is 3.29. The van der Waals surface area contributed by atoms with E-state index in [4.69, 9.17) is 5.73 Å². The van der Waals surface area contributed by atoms with Crippen LogP contribution in [-0.4, -0.2) is 31.6 Å². The van der Waals surface area contributed by atoms with Gasteiger partial charge in [-0.2, -0.15) is 13.2 Å². The first kappa shape index (κ1) is 16.6. The zero-order chi connectivity index (χ0) is 15.5. The molecule has 114 valence electrons. The number of nitrogens with zero attached hydrogens (tertiary/aromatic N) is 1. The summed E-state index contributed by atoms with van der Waals surface area (Å²) in [5.41, 5.74) is 4.78. The van der Waals surface area contributed by atoms with Gasteiger partial charge < -0.3 is 16.0 Å². The summed E-state index contributed by atoms with van der Waals surface area (Å²) in [7, 11) is 3.86. The summed E-state index contributed by atoms with van der Waals surface area (Å²) in [6, 6.07) is 4.00. The fraction of sp³-hybridized carbons (Fsp3) is 0.571. The fourth-order valence-electron chi connectivity index (χ4n) is 1.92. The van der Waals surface area contributed by atoms with Gasteiger partial charge in [-0.05, 0) is 38.2 Å². The molecule has 1 unspecified atom stereocenters. The number of rotatable bonds is 5. The molecule has 1 rings (SSSR count). The number of nitrogen functional groups attached to an aromatic ring is 1. The summed E-state index contributed by atoms with van der Waals surface area (Å²) >= 11 is 0. The minimum absolute atomic E-state index is 0.0645. The van der Waals surface area contributed by atoms with Crippen LogP contribution in [0, 0.1) is 5.92 Å². The Labute approximate surface area is 117 Å². The standard InChI is InChI=1S/C14H22F3N3/c1-9(2)13(8-20(3)4)19-10-5-6-12(18)11(7-10)14(15,16)17/h5-7,9,13,19H,8,18H2,1-4H3. The van der Waals surface area contributed by atoms with E-state index in [9.17, 15) is 13.2 Å². The van der Waals surface area contributed by atoms with Gasteiger partial charge in [0.15, 0.2) is 0 Å². The van der Waals surface area contributed by atoms with Gasteiger partial charge in [-0.3, -0.25) is 0 Å². The van der Waals surface area contributed by atoms with E-state index in [2.05, 4.69) is 5.32 Å². The van der Waals surface area contributed by atoms with Crippen molar-refractivity contribution in [3.8, 4) is 0 Å². The molecule has 0 saturated carbocycles. The summed E-state index contributed by atoms with van der Waals surface area (Å²) in [4.78, 5) is 2.00. The molecule has 1 aromatic rings. The third-order valence-electron chi connectivity index (χ3n) is 3.08. The van der Waals surface area contributed by atoms with Crippen molar-refractivity contribution in [1.29, 1.82) is 0 Å². The van der Waals surface area contributed by atoms with Crippen LogP contribution in [0.4, 0.5) is 24.5 Å². The van der Waals surface area contributed by atoms with Gasteiger partial charge in [0.2, 0.25) is 0 Å².